The normalized spacial score (nSPS) is 10.3. The van der Waals surface area contributed by atoms with Gasteiger partial charge >= 0.3 is 0 Å². The molecule has 2 aromatic rings. The molecule has 1 heterocycles. The lowest BCUT2D eigenvalue weighted by Gasteiger charge is -2.09. The van der Waals surface area contributed by atoms with E-state index < -0.39 is 0 Å². The summed E-state index contributed by atoms with van der Waals surface area (Å²) in [4.78, 5) is 15.0. The highest BCUT2D eigenvalue weighted by Crippen LogP contribution is 2.24. The second kappa shape index (κ2) is 6.70. The summed E-state index contributed by atoms with van der Waals surface area (Å²) in [5.41, 5.74) is 0.453. The maximum absolute atomic E-state index is 11.0. The molecule has 1 aromatic heterocycles. The van der Waals surface area contributed by atoms with Gasteiger partial charge in [-0.25, -0.2) is 0 Å². The van der Waals surface area contributed by atoms with Crippen LogP contribution in [0.15, 0.2) is 22.7 Å². The molecule has 0 unspecified atom stereocenters. The van der Waals surface area contributed by atoms with Crippen molar-refractivity contribution in [3.05, 3.63) is 35.5 Å². The third-order valence-electron chi connectivity index (χ3n) is 2.51. The third kappa shape index (κ3) is 3.57. The van der Waals surface area contributed by atoms with Crippen molar-refractivity contribution in [2.24, 2.45) is 0 Å². The zero-order valence-corrected chi connectivity index (χ0v) is 11.5. The number of aromatic nitrogens is 2. The van der Waals surface area contributed by atoms with Gasteiger partial charge in [0.15, 0.2) is 12.9 Å². The molecule has 20 heavy (non-hydrogen) atoms. The van der Waals surface area contributed by atoms with Crippen molar-refractivity contribution in [3.63, 3.8) is 0 Å². The lowest BCUT2D eigenvalue weighted by Crippen LogP contribution is -2.01. The fraction of sp³-hybridized carbons (Fsp3) is 0.357. The van der Waals surface area contributed by atoms with Crippen molar-refractivity contribution >= 4 is 6.29 Å². The lowest BCUT2D eigenvalue weighted by atomic mass is 10.2. The summed E-state index contributed by atoms with van der Waals surface area (Å²) in [5.74, 6) is 2.01. The van der Waals surface area contributed by atoms with Gasteiger partial charge < -0.3 is 14.0 Å². The average Bonchev–Trinajstić information content (AvgIpc) is 2.88. The Balaban J connectivity index is 2.09. The van der Waals surface area contributed by atoms with E-state index in [0.29, 0.717) is 35.4 Å². The highest BCUT2D eigenvalue weighted by molar-refractivity contribution is 5.79. The number of aryl methyl sites for hydroxylation is 1. The Labute approximate surface area is 116 Å². The van der Waals surface area contributed by atoms with E-state index in [2.05, 4.69) is 10.1 Å². The number of carbonyl (C=O) groups excluding carboxylic acids is 1. The molecule has 6 nitrogen and oxygen atoms in total. The number of ether oxygens (including phenoxy) is 2. The molecule has 0 aliphatic heterocycles. The van der Waals surface area contributed by atoms with Gasteiger partial charge in [0.2, 0.25) is 11.7 Å². The molecule has 0 saturated carbocycles. The van der Waals surface area contributed by atoms with Crippen molar-refractivity contribution in [3.8, 4) is 11.5 Å². The summed E-state index contributed by atoms with van der Waals surface area (Å²) in [6, 6.07) is 5.09. The van der Waals surface area contributed by atoms with E-state index in [1.807, 2.05) is 6.92 Å². The maximum Gasteiger partial charge on any atom is 0.223 e. The predicted octanol–water partition coefficient (Wildman–Crippen LogP) is 2.56. The lowest BCUT2D eigenvalue weighted by molar-refractivity contribution is 0.111. The van der Waals surface area contributed by atoms with Crippen molar-refractivity contribution in [2.45, 2.75) is 26.9 Å². The quantitative estimate of drug-likeness (QED) is 0.723. The zero-order chi connectivity index (χ0) is 14.4. The first-order valence-corrected chi connectivity index (χ1v) is 6.37. The van der Waals surface area contributed by atoms with Crippen LogP contribution in [0.3, 0.4) is 0 Å². The van der Waals surface area contributed by atoms with E-state index >= 15 is 0 Å². The minimum atomic E-state index is 0.134. The van der Waals surface area contributed by atoms with E-state index in [1.54, 1.807) is 25.1 Å². The number of benzene rings is 1. The van der Waals surface area contributed by atoms with Crippen LogP contribution in [0.2, 0.25) is 0 Å². The van der Waals surface area contributed by atoms with Crippen LogP contribution >= 0.6 is 0 Å². The summed E-state index contributed by atoms with van der Waals surface area (Å²) in [7, 11) is 0. The van der Waals surface area contributed by atoms with Crippen LogP contribution in [0, 0.1) is 6.92 Å². The zero-order valence-electron chi connectivity index (χ0n) is 11.5. The van der Waals surface area contributed by atoms with Crippen LogP contribution < -0.4 is 9.47 Å². The Morgan fingerprint density at radius 1 is 1.35 bits per heavy atom. The number of aldehydes is 1. The van der Waals surface area contributed by atoms with Crippen molar-refractivity contribution < 1.29 is 18.8 Å². The van der Waals surface area contributed by atoms with Crippen molar-refractivity contribution in [1.82, 2.24) is 10.1 Å². The second-order valence-electron chi connectivity index (χ2n) is 4.18. The van der Waals surface area contributed by atoms with Crippen molar-refractivity contribution in [1.29, 1.82) is 0 Å². The highest BCUT2D eigenvalue weighted by atomic mass is 16.5. The molecule has 6 heteroatoms. The fourth-order valence-corrected chi connectivity index (χ4v) is 1.59. The molecule has 0 radical (unpaired) electrons. The molecule has 0 amide bonds. The molecular formula is C14H16N2O4. The second-order valence-corrected chi connectivity index (χ2v) is 4.18. The van der Waals surface area contributed by atoms with Crippen LogP contribution in [-0.4, -0.2) is 23.0 Å². The Hall–Kier alpha value is -2.37. The average molecular weight is 276 g/mol. The topological polar surface area (TPSA) is 74.5 Å². The number of hydrogen-bond acceptors (Lipinski definition) is 6. The van der Waals surface area contributed by atoms with Crippen LogP contribution in [0.4, 0.5) is 0 Å². The van der Waals surface area contributed by atoms with Gasteiger partial charge in [-0.1, -0.05) is 12.1 Å². The molecule has 0 aliphatic rings. The van der Waals surface area contributed by atoms with Gasteiger partial charge in [0.05, 0.1) is 12.2 Å². The summed E-state index contributed by atoms with van der Waals surface area (Å²) >= 11 is 0. The van der Waals surface area contributed by atoms with Crippen molar-refractivity contribution in [2.75, 3.05) is 6.61 Å². The van der Waals surface area contributed by atoms with Crippen LogP contribution in [-0.2, 0) is 6.61 Å². The Morgan fingerprint density at radius 3 is 2.85 bits per heavy atom. The summed E-state index contributed by atoms with van der Waals surface area (Å²) < 4.78 is 15.9. The smallest absolute Gasteiger partial charge is 0.223 e. The minimum absolute atomic E-state index is 0.134. The van der Waals surface area contributed by atoms with Crippen LogP contribution in [0.5, 0.6) is 11.5 Å². The number of nitrogens with zero attached hydrogens (tertiary/aromatic N) is 2. The van der Waals surface area contributed by atoms with E-state index in [0.717, 1.165) is 12.7 Å². The van der Waals surface area contributed by atoms with Gasteiger partial charge in [0.1, 0.15) is 11.5 Å². The van der Waals surface area contributed by atoms with Gasteiger partial charge in [-0.15, -0.1) is 0 Å². The molecule has 2 rings (SSSR count). The molecule has 0 aliphatic carbocycles. The van der Waals surface area contributed by atoms with Gasteiger partial charge in [0.25, 0.3) is 0 Å². The summed E-state index contributed by atoms with van der Waals surface area (Å²) in [6.45, 7) is 4.47. The number of carbonyl (C=O) groups is 1. The monoisotopic (exact) mass is 276 g/mol. The van der Waals surface area contributed by atoms with Gasteiger partial charge in [-0.05, 0) is 18.6 Å². The molecule has 0 N–H and O–H groups in total. The third-order valence-corrected chi connectivity index (χ3v) is 2.51. The minimum Gasteiger partial charge on any atom is -0.493 e. The first-order chi connectivity index (χ1) is 9.72. The van der Waals surface area contributed by atoms with Gasteiger partial charge in [-0.2, -0.15) is 4.98 Å². The molecule has 0 atom stereocenters. The highest BCUT2D eigenvalue weighted by Gasteiger charge is 2.08. The number of hydrogen-bond donors (Lipinski definition) is 0. The molecule has 106 valence electrons. The van der Waals surface area contributed by atoms with E-state index in [-0.39, 0.29) is 6.61 Å². The first kappa shape index (κ1) is 14.0. The van der Waals surface area contributed by atoms with Crippen LogP contribution in [0.25, 0.3) is 0 Å². The van der Waals surface area contributed by atoms with E-state index in [4.69, 9.17) is 14.0 Å². The largest absolute Gasteiger partial charge is 0.493 e. The molecular weight excluding hydrogens is 260 g/mol. The Kier molecular flexibility index (Phi) is 4.70. The van der Waals surface area contributed by atoms with E-state index in [9.17, 15) is 4.79 Å². The van der Waals surface area contributed by atoms with E-state index in [1.165, 1.54) is 0 Å². The summed E-state index contributed by atoms with van der Waals surface area (Å²) in [6.07, 6.45) is 1.65. The SMILES string of the molecule is CCCOc1ccc(C=O)c(OCc2noc(C)n2)c1. The van der Waals surface area contributed by atoms with Gasteiger partial charge in [0, 0.05) is 13.0 Å². The molecule has 1 aromatic carbocycles. The Bertz CT molecular complexity index is 580. The van der Waals surface area contributed by atoms with Gasteiger partial charge in [-0.3, -0.25) is 4.79 Å². The standard InChI is InChI=1S/C14H16N2O4/c1-3-6-18-12-5-4-11(8-17)13(7-12)19-9-14-15-10(2)20-16-14/h4-5,7-8H,3,6,9H2,1-2H3. The predicted molar refractivity (Wildman–Crippen MR) is 71.0 cm³/mol. The molecule has 0 bridgehead atoms. The summed E-state index contributed by atoms with van der Waals surface area (Å²) in [5, 5.41) is 3.73. The maximum atomic E-state index is 11.0. The fourth-order valence-electron chi connectivity index (χ4n) is 1.59. The Morgan fingerprint density at radius 2 is 2.20 bits per heavy atom. The van der Waals surface area contributed by atoms with Crippen LogP contribution in [0.1, 0.15) is 35.4 Å². The molecule has 0 saturated heterocycles. The molecule has 0 spiro atoms. The number of rotatable bonds is 7. The molecule has 0 fully saturated rings. The first-order valence-electron chi connectivity index (χ1n) is 6.37.